The summed E-state index contributed by atoms with van der Waals surface area (Å²) in [6, 6.07) is 13.2. The van der Waals surface area contributed by atoms with Crippen LogP contribution in [0.25, 0.3) is 5.69 Å². The molecular formula is C24H30N4O3. The van der Waals surface area contributed by atoms with Crippen LogP contribution in [0.2, 0.25) is 0 Å². The molecule has 0 spiro atoms. The molecule has 0 fully saturated rings. The first-order valence-electron chi connectivity index (χ1n) is 10.7. The van der Waals surface area contributed by atoms with Crippen LogP contribution in [0, 0.1) is 0 Å². The van der Waals surface area contributed by atoms with Crippen LogP contribution in [0.15, 0.2) is 55.1 Å². The average molecular weight is 423 g/mol. The maximum absolute atomic E-state index is 13.2. The Morgan fingerprint density at radius 2 is 1.71 bits per heavy atom. The van der Waals surface area contributed by atoms with Gasteiger partial charge >= 0.3 is 0 Å². The molecule has 0 unspecified atom stereocenters. The Balaban J connectivity index is 1.76. The number of hydrogen-bond donors (Lipinski definition) is 0. The van der Waals surface area contributed by atoms with E-state index in [0.29, 0.717) is 30.3 Å². The predicted molar refractivity (Wildman–Crippen MR) is 120 cm³/mol. The third-order valence-electron chi connectivity index (χ3n) is 5.07. The summed E-state index contributed by atoms with van der Waals surface area (Å²) in [6.45, 7) is 7.29. The molecule has 1 amide bonds. The Morgan fingerprint density at radius 1 is 1.03 bits per heavy atom. The topological polar surface area (TPSA) is 69.5 Å². The number of amides is 1. The molecule has 3 rings (SSSR count). The van der Waals surface area contributed by atoms with E-state index in [0.717, 1.165) is 24.1 Å². The molecule has 0 saturated carbocycles. The maximum atomic E-state index is 13.2. The fraction of sp³-hybridized carbons (Fsp3) is 0.375. The summed E-state index contributed by atoms with van der Waals surface area (Å²) in [5.74, 6) is 1.21. The minimum absolute atomic E-state index is 0.0729. The Bertz CT molecular complexity index is 971. The van der Waals surface area contributed by atoms with Crippen molar-refractivity contribution in [2.24, 2.45) is 0 Å². The van der Waals surface area contributed by atoms with Crippen LogP contribution in [-0.4, -0.2) is 45.8 Å². The highest BCUT2D eigenvalue weighted by Crippen LogP contribution is 2.30. The number of carbonyl (C=O) groups is 1. The quantitative estimate of drug-likeness (QED) is 0.475. The Labute approximate surface area is 183 Å². The van der Waals surface area contributed by atoms with Gasteiger partial charge in [0.25, 0.3) is 5.91 Å². The second kappa shape index (κ2) is 10.6. The first kappa shape index (κ1) is 22.3. The predicted octanol–water partition coefficient (Wildman–Crippen LogP) is 4.68. The molecule has 7 heteroatoms. The van der Waals surface area contributed by atoms with E-state index >= 15 is 0 Å². The first-order valence-corrected chi connectivity index (χ1v) is 10.7. The van der Waals surface area contributed by atoms with Gasteiger partial charge in [0.15, 0.2) is 11.5 Å². The van der Waals surface area contributed by atoms with Crippen LogP contribution in [0.3, 0.4) is 0 Å². The van der Waals surface area contributed by atoms with E-state index in [4.69, 9.17) is 9.47 Å². The van der Waals surface area contributed by atoms with Gasteiger partial charge < -0.3 is 14.4 Å². The van der Waals surface area contributed by atoms with E-state index in [1.807, 2.05) is 51.2 Å². The lowest BCUT2D eigenvalue weighted by molar-refractivity contribution is 0.0742. The van der Waals surface area contributed by atoms with Crippen LogP contribution >= 0.6 is 0 Å². The molecule has 0 saturated heterocycles. The van der Waals surface area contributed by atoms with Crippen molar-refractivity contribution >= 4 is 5.91 Å². The van der Waals surface area contributed by atoms with Crippen molar-refractivity contribution in [3.63, 3.8) is 0 Å². The lowest BCUT2D eigenvalue weighted by atomic mass is 10.1. The summed E-state index contributed by atoms with van der Waals surface area (Å²) in [7, 11) is 1.81. The van der Waals surface area contributed by atoms with Crippen molar-refractivity contribution in [2.45, 2.75) is 39.7 Å². The van der Waals surface area contributed by atoms with E-state index in [9.17, 15) is 4.79 Å². The molecule has 1 atom stereocenters. The monoisotopic (exact) mass is 422 g/mol. The normalized spacial score (nSPS) is 11.7. The number of nitrogens with zero attached hydrogens (tertiary/aromatic N) is 4. The van der Waals surface area contributed by atoms with Gasteiger partial charge in [0.05, 0.1) is 24.9 Å². The minimum Gasteiger partial charge on any atom is -0.490 e. The Hall–Kier alpha value is -3.35. The first-order chi connectivity index (χ1) is 15.0. The smallest absolute Gasteiger partial charge is 0.254 e. The highest BCUT2D eigenvalue weighted by Gasteiger charge is 2.21. The number of rotatable bonds is 10. The minimum atomic E-state index is -0.103. The number of benzene rings is 2. The average Bonchev–Trinajstić information content (AvgIpc) is 3.35. The molecule has 0 radical (unpaired) electrons. The second-order valence-corrected chi connectivity index (χ2v) is 7.38. The van der Waals surface area contributed by atoms with Crippen molar-refractivity contribution in [3.05, 3.63) is 66.2 Å². The summed E-state index contributed by atoms with van der Waals surface area (Å²) in [5, 5.41) is 4.14. The van der Waals surface area contributed by atoms with Gasteiger partial charge in [-0.3, -0.25) is 4.79 Å². The fourth-order valence-electron chi connectivity index (χ4n) is 3.15. The zero-order valence-electron chi connectivity index (χ0n) is 18.6. The molecule has 0 aliphatic rings. The van der Waals surface area contributed by atoms with Crippen molar-refractivity contribution in [3.8, 4) is 17.2 Å². The van der Waals surface area contributed by atoms with Crippen LogP contribution in [0.1, 0.15) is 55.6 Å². The van der Waals surface area contributed by atoms with Gasteiger partial charge in [-0.15, -0.1) is 0 Å². The van der Waals surface area contributed by atoms with Crippen LogP contribution in [0.5, 0.6) is 11.5 Å². The third kappa shape index (κ3) is 5.42. The third-order valence-corrected chi connectivity index (χ3v) is 5.07. The van der Waals surface area contributed by atoms with E-state index in [2.05, 4.69) is 17.0 Å². The molecule has 0 N–H and O–H groups in total. The van der Waals surface area contributed by atoms with Crippen LogP contribution < -0.4 is 9.47 Å². The van der Waals surface area contributed by atoms with Gasteiger partial charge in [-0.2, -0.15) is 5.10 Å². The van der Waals surface area contributed by atoms with E-state index in [1.54, 1.807) is 28.0 Å². The largest absolute Gasteiger partial charge is 0.490 e. The molecule has 0 aliphatic carbocycles. The zero-order valence-corrected chi connectivity index (χ0v) is 18.6. The molecule has 1 heterocycles. The highest BCUT2D eigenvalue weighted by atomic mass is 16.5. The summed E-state index contributed by atoms with van der Waals surface area (Å²) in [4.78, 5) is 18.9. The summed E-state index contributed by atoms with van der Waals surface area (Å²) >= 11 is 0. The van der Waals surface area contributed by atoms with E-state index in [-0.39, 0.29) is 11.9 Å². The van der Waals surface area contributed by atoms with Crippen LogP contribution in [-0.2, 0) is 0 Å². The van der Waals surface area contributed by atoms with Gasteiger partial charge in [-0.1, -0.05) is 26.0 Å². The summed E-state index contributed by atoms with van der Waals surface area (Å²) in [5.41, 5.74) is 2.52. The second-order valence-electron chi connectivity index (χ2n) is 7.38. The molecule has 164 valence electrons. The van der Waals surface area contributed by atoms with E-state index in [1.165, 1.54) is 6.33 Å². The van der Waals surface area contributed by atoms with Gasteiger partial charge in [0.1, 0.15) is 12.7 Å². The maximum Gasteiger partial charge on any atom is 0.254 e. The van der Waals surface area contributed by atoms with Crippen LogP contribution in [0.4, 0.5) is 0 Å². The van der Waals surface area contributed by atoms with Crippen molar-refractivity contribution in [2.75, 3.05) is 20.3 Å². The fourth-order valence-corrected chi connectivity index (χ4v) is 3.15. The summed E-state index contributed by atoms with van der Waals surface area (Å²) < 4.78 is 13.3. The molecule has 3 aromatic rings. The van der Waals surface area contributed by atoms with Crippen molar-refractivity contribution < 1.29 is 14.3 Å². The van der Waals surface area contributed by atoms with Gasteiger partial charge in [0, 0.05) is 12.6 Å². The number of ether oxygens (including phenoxy) is 2. The van der Waals surface area contributed by atoms with Gasteiger partial charge in [-0.05, 0) is 55.7 Å². The van der Waals surface area contributed by atoms with E-state index < -0.39 is 0 Å². The molecule has 7 nitrogen and oxygen atoms in total. The number of carbonyl (C=O) groups excluding carboxylic acids is 1. The Kier molecular flexibility index (Phi) is 7.65. The van der Waals surface area contributed by atoms with Gasteiger partial charge in [0.2, 0.25) is 0 Å². The lowest BCUT2D eigenvalue weighted by Gasteiger charge is -2.26. The van der Waals surface area contributed by atoms with Crippen molar-refractivity contribution in [1.29, 1.82) is 0 Å². The molecule has 2 aromatic carbocycles. The highest BCUT2D eigenvalue weighted by molar-refractivity contribution is 5.95. The molecule has 1 aromatic heterocycles. The number of hydrogen-bond acceptors (Lipinski definition) is 5. The molecule has 0 bridgehead atoms. The molecule has 0 aliphatic heterocycles. The van der Waals surface area contributed by atoms with Crippen molar-refractivity contribution in [1.82, 2.24) is 19.7 Å². The van der Waals surface area contributed by atoms with Gasteiger partial charge in [-0.25, -0.2) is 9.67 Å². The lowest BCUT2D eigenvalue weighted by Crippen LogP contribution is -2.29. The SMILES string of the molecule is CCCOc1ccc(C(=O)N(C)[C@H](C)c2ccc(-n3cncn3)cc2)cc1OCCC. The zero-order chi connectivity index (χ0) is 22.2. The summed E-state index contributed by atoms with van der Waals surface area (Å²) in [6.07, 6.45) is 4.94. The Morgan fingerprint density at radius 3 is 2.32 bits per heavy atom. The number of aromatic nitrogens is 3. The standard InChI is InChI=1S/C24H30N4O3/c1-5-13-30-22-12-9-20(15-23(22)31-14-6-2)24(29)27(4)18(3)19-7-10-21(11-8-19)28-17-25-16-26-28/h7-12,15-18H,5-6,13-14H2,1-4H3/t18-/m1/s1. The molecule has 31 heavy (non-hydrogen) atoms. The molecular weight excluding hydrogens is 392 g/mol.